The molecule has 1 aliphatic rings. The smallest absolute Gasteiger partial charge is 0.206 e. The van der Waals surface area contributed by atoms with E-state index in [1.807, 2.05) is 0 Å². The van der Waals surface area contributed by atoms with E-state index in [2.05, 4.69) is 57.1 Å². The van der Waals surface area contributed by atoms with Crippen LogP contribution in [0.5, 0.6) is 5.75 Å². The number of nitrogens with zero attached hydrogens (tertiary/aromatic N) is 5. The summed E-state index contributed by atoms with van der Waals surface area (Å²) in [5.74, 6) is 3.06. The van der Waals surface area contributed by atoms with Crippen LogP contribution in [0.2, 0.25) is 0 Å². The van der Waals surface area contributed by atoms with Crippen LogP contribution in [0.3, 0.4) is 0 Å². The minimum Gasteiger partial charge on any atom is -0.491 e. The number of anilines is 1. The lowest BCUT2D eigenvalue weighted by Crippen LogP contribution is -2.46. The molecule has 1 fully saturated rings. The van der Waals surface area contributed by atoms with E-state index in [9.17, 15) is 4.39 Å². The molecule has 1 aromatic carbocycles. The number of terminal acetylenes is 1. The summed E-state index contributed by atoms with van der Waals surface area (Å²) in [6.45, 7) is 11.4. The average molecular weight is 466 g/mol. The van der Waals surface area contributed by atoms with Crippen LogP contribution in [0.15, 0.2) is 30.5 Å². The fourth-order valence-corrected chi connectivity index (χ4v) is 4.32. The highest BCUT2D eigenvalue weighted by Crippen LogP contribution is 2.27. The van der Waals surface area contributed by atoms with E-state index in [4.69, 9.17) is 16.3 Å². The second-order valence-electron chi connectivity index (χ2n) is 9.85. The number of hydrogen-bond acceptors (Lipinski definition) is 6. The molecule has 0 atom stereocenters. The number of piperazine rings is 1. The van der Waals surface area contributed by atoms with E-state index in [0.29, 0.717) is 17.3 Å². The van der Waals surface area contributed by atoms with Gasteiger partial charge in [0.05, 0.1) is 12.3 Å². The highest BCUT2D eigenvalue weighted by atomic mass is 19.1. The predicted molar refractivity (Wildman–Crippen MR) is 131 cm³/mol. The molecule has 0 radical (unpaired) electrons. The maximum absolute atomic E-state index is 14.7. The summed E-state index contributed by atoms with van der Waals surface area (Å²) in [7, 11) is 0. The number of halogens is 1. The topological polar surface area (TPSA) is 66.7 Å². The van der Waals surface area contributed by atoms with E-state index < -0.39 is 0 Å². The largest absolute Gasteiger partial charge is 0.491 e. The van der Waals surface area contributed by atoms with E-state index in [1.54, 1.807) is 18.3 Å². The van der Waals surface area contributed by atoms with Crippen molar-refractivity contribution in [2.75, 3.05) is 44.3 Å². The number of hydrogen-bond donors (Lipinski definition) is 1. The summed E-state index contributed by atoms with van der Waals surface area (Å²) < 4.78 is 22.2. The number of aliphatic hydroxyl groups excluding tert-OH is 1. The van der Waals surface area contributed by atoms with Crippen LogP contribution in [-0.2, 0) is 13.1 Å². The Morgan fingerprint density at radius 3 is 2.59 bits per heavy atom. The molecule has 0 unspecified atom stereocenters. The summed E-state index contributed by atoms with van der Waals surface area (Å²) in [5.41, 5.74) is 2.70. The summed E-state index contributed by atoms with van der Waals surface area (Å²) >= 11 is 0. The van der Waals surface area contributed by atoms with Crippen LogP contribution in [-0.4, -0.2) is 63.9 Å². The first-order chi connectivity index (χ1) is 16.3. The Kier molecular flexibility index (Phi) is 7.05. The van der Waals surface area contributed by atoms with Crippen LogP contribution in [0, 0.1) is 23.6 Å². The van der Waals surface area contributed by atoms with Gasteiger partial charge in [0.2, 0.25) is 5.82 Å². The molecule has 0 aliphatic carbocycles. The quantitative estimate of drug-likeness (QED) is 0.540. The fourth-order valence-electron chi connectivity index (χ4n) is 4.32. The van der Waals surface area contributed by atoms with Crippen LogP contribution in [0.1, 0.15) is 32.3 Å². The normalized spacial score (nSPS) is 15.0. The van der Waals surface area contributed by atoms with Crippen molar-refractivity contribution in [1.29, 1.82) is 0 Å². The maximum Gasteiger partial charge on any atom is 0.206 e. The van der Waals surface area contributed by atoms with Gasteiger partial charge >= 0.3 is 0 Å². The minimum atomic E-state index is -0.308. The summed E-state index contributed by atoms with van der Waals surface area (Å²) in [6.07, 6.45) is 7.34. The molecule has 0 bridgehead atoms. The molecule has 8 heteroatoms. The molecule has 0 spiro atoms. The first-order valence-electron chi connectivity index (χ1n) is 11.6. The first-order valence-corrected chi connectivity index (χ1v) is 11.6. The molecule has 1 aliphatic heterocycles. The van der Waals surface area contributed by atoms with Gasteiger partial charge in [0.15, 0.2) is 0 Å². The predicted octanol–water partition coefficient (Wildman–Crippen LogP) is 3.29. The fraction of sp³-hybridized carbons (Fsp3) is 0.462. The Balaban J connectivity index is 1.47. The zero-order chi connectivity index (χ0) is 24.3. The van der Waals surface area contributed by atoms with Gasteiger partial charge in [-0.15, -0.1) is 6.42 Å². The third-order valence-electron chi connectivity index (χ3n) is 5.86. The van der Waals surface area contributed by atoms with E-state index in [1.165, 1.54) is 11.8 Å². The van der Waals surface area contributed by atoms with Gasteiger partial charge in [-0.1, -0.05) is 20.8 Å². The standard InChI is InChI=1S/C26H32FN5O2/c1-5-24-28-16-19-14-20(32(25(19)29-24)18-26(2,3)4)17-30-8-10-31(11-9-30)23-7-6-21(15-22(23)27)34-13-12-33/h1,6-7,14-16,33H,8-13,17-18H2,2-4H3. The number of aliphatic hydroxyl groups is 1. The lowest BCUT2D eigenvalue weighted by atomic mass is 9.97. The molecule has 3 aromatic rings. The lowest BCUT2D eigenvalue weighted by Gasteiger charge is -2.36. The van der Waals surface area contributed by atoms with E-state index >= 15 is 0 Å². The molecule has 180 valence electrons. The third-order valence-corrected chi connectivity index (χ3v) is 5.86. The highest BCUT2D eigenvalue weighted by Gasteiger charge is 2.23. The van der Waals surface area contributed by atoms with Crippen molar-refractivity contribution in [1.82, 2.24) is 19.4 Å². The maximum atomic E-state index is 14.7. The van der Waals surface area contributed by atoms with Gasteiger partial charge < -0.3 is 19.3 Å². The van der Waals surface area contributed by atoms with Crippen molar-refractivity contribution >= 4 is 16.7 Å². The van der Waals surface area contributed by atoms with Gasteiger partial charge in [0.25, 0.3) is 0 Å². The highest BCUT2D eigenvalue weighted by molar-refractivity contribution is 5.77. The molecular formula is C26H32FN5O2. The van der Waals surface area contributed by atoms with Gasteiger partial charge in [-0.3, -0.25) is 4.90 Å². The summed E-state index contributed by atoms with van der Waals surface area (Å²) in [6, 6.07) is 7.03. The molecule has 0 amide bonds. The van der Waals surface area contributed by atoms with E-state index in [-0.39, 0.29) is 24.4 Å². The average Bonchev–Trinajstić information content (AvgIpc) is 3.13. The molecule has 4 rings (SSSR count). The molecule has 1 saturated heterocycles. The van der Waals surface area contributed by atoms with Gasteiger partial charge in [0, 0.05) is 62.6 Å². The van der Waals surface area contributed by atoms with Crippen molar-refractivity contribution in [2.24, 2.45) is 5.41 Å². The van der Waals surface area contributed by atoms with Crippen molar-refractivity contribution in [3.63, 3.8) is 0 Å². The number of ether oxygens (including phenoxy) is 1. The van der Waals surface area contributed by atoms with Crippen LogP contribution >= 0.6 is 0 Å². The first kappa shape index (κ1) is 24.0. The summed E-state index contributed by atoms with van der Waals surface area (Å²) in [5, 5.41) is 9.86. The zero-order valence-electron chi connectivity index (χ0n) is 20.1. The number of fused-ring (bicyclic) bond motifs is 1. The summed E-state index contributed by atoms with van der Waals surface area (Å²) in [4.78, 5) is 13.3. The van der Waals surface area contributed by atoms with Crippen molar-refractivity contribution in [2.45, 2.75) is 33.9 Å². The van der Waals surface area contributed by atoms with Gasteiger partial charge in [-0.25, -0.2) is 14.4 Å². The van der Waals surface area contributed by atoms with Gasteiger partial charge in [-0.05, 0) is 29.5 Å². The molecular weight excluding hydrogens is 433 g/mol. The third kappa shape index (κ3) is 5.49. The Morgan fingerprint density at radius 2 is 1.94 bits per heavy atom. The second kappa shape index (κ2) is 10.00. The Hall–Kier alpha value is -3.15. The molecule has 3 heterocycles. The molecule has 34 heavy (non-hydrogen) atoms. The molecule has 0 saturated carbocycles. The number of aromatic nitrogens is 3. The SMILES string of the molecule is C#Cc1ncc2cc(CN3CCN(c4ccc(OCCO)cc4F)CC3)n(CC(C)(C)C)c2n1. The number of rotatable bonds is 7. The van der Waals surface area contributed by atoms with Gasteiger partial charge in [0.1, 0.15) is 23.8 Å². The minimum absolute atomic E-state index is 0.0746. The van der Waals surface area contributed by atoms with Gasteiger partial charge in [-0.2, -0.15) is 0 Å². The molecule has 1 N–H and O–H groups in total. The second-order valence-corrected chi connectivity index (χ2v) is 9.85. The Morgan fingerprint density at radius 1 is 1.18 bits per heavy atom. The van der Waals surface area contributed by atoms with Crippen LogP contribution in [0.4, 0.5) is 10.1 Å². The van der Waals surface area contributed by atoms with Crippen LogP contribution in [0.25, 0.3) is 11.0 Å². The Bertz CT molecular complexity index is 1190. The zero-order valence-corrected chi connectivity index (χ0v) is 20.1. The lowest BCUT2D eigenvalue weighted by molar-refractivity contribution is 0.201. The Labute approximate surface area is 200 Å². The van der Waals surface area contributed by atoms with Crippen LogP contribution < -0.4 is 9.64 Å². The molecule has 2 aromatic heterocycles. The van der Waals surface area contributed by atoms with Crippen molar-refractivity contribution in [3.8, 4) is 18.1 Å². The monoisotopic (exact) mass is 465 g/mol. The number of benzene rings is 1. The van der Waals surface area contributed by atoms with E-state index in [0.717, 1.165) is 50.3 Å². The van der Waals surface area contributed by atoms with Crippen molar-refractivity contribution in [3.05, 3.63) is 47.8 Å². The molecule has 7 nitrogen and oxygen atoms in total. The van der Waals surface area contributed by atoms with Crippen molar-refractivity contribution < 1.29 is 14.2 Å².